The maximum atomic E-state index is 13.5. The highest BCUT2D eigenvalue weighted by Gasteiger charge is 2.46. The van der Waals surface area contributed by atoms with Gasteiger partial charge in [-0.2, -0.15) is 18.3 Å². The standard InChI is InChI=1S/C27H23ClF3N7/c28-21-17(5-6-18-20(21)23(36-35-18)27(29,30)31)24-34-14-19-25(33-9-12-38(19)24)37-10-7-26(8-11-37)13-15-3-1-2-4-16(15)22(26)32/h1-6,9,12,14,22H,7-8,10-11,13,32H2,(H,35,36)/t22-/m1/s1. The minimum atomic E-state index is -4.64. The number of imidazole rings is 1. The molecule has 3 N–H and O–H groups in total. The Hall–Kier alpha value is -3.63. The Bertz CT molecular complexity index is 1700. The number of halogens is 4. The van der Waals surface area contributed by atoms with Gasteiger partial charge in [0.15, 0.2) is 11.5 Å². The number of nitrogens with two attached hydrogens (primary N) is 1. The third kappa shape index (κ3) is 3.36. The van der Waals surface area contributed by atoms with Crippen molar-refractivity contribution in [2.24, 2.45) is 11.1 Å². The zero-order valence-corrected chi connectivity index (χ0v) is 20.9. The van der Waals surface area contributed by atoms with Crippen molar-refractivity contribution in [3.63, 3.8) is 0 Å². The lowest BCUT2D eigenvalue weighted by Gasteiger charge is -2.42. The maximum Gasteiger partial charge on any atom is 0.435 e. The van der Waals surface area contributed by atoms with Crippen LogP contribution in [0.1, 0.15) is 35.7 Å². The quantitative estimate of drug-likeness (QED) is 0.298. The lowest BCUT2D eigenvalue weighted by molar-refractivity contribution is -0.139. The first-order valence-corrected chi connectivity index (χ1v) is 12.8. The SMILES string of the molecule is N[C@@H]1c2ccccc2CC12CCN(c1nccn3c(-c4ccc5[nH]nc(C(F)(F)F)c5c4Cl)ncc13)CC2. The second kappa shape index (κ2) is 8.18. The van der Waals surface area contributed by atoms with Gasteiger partial charge >= 0.3 is 6.18 Å². The fraction of sp³-hybridized carbons (Fsp3) is 0.296. The number of aromatic amines is 1. The Kier molecular flexibility index (Phi) is 5.06. The van der Waals surface area contributed by atoms with Crippen molar-refractivity contribution in [3.8, 4) is 11.4 Å². The average Bonchev–Trinajstić information content (AvgIpc) is 3.60. The molecule has 1 spiro atoms. The van der Waals surface area contributed by atoms with E-state index in [2.05, 4.69) is 49.3 Å². The molecule has 1 saturated heterocycles. The molecule has 7 rings (SSSR count). The minimum Gasteiger partial charge on any atom is -0.355 e. The second-order valence-electron chi connectivity index (χ2n) is 10.2. The summed E-state index contributed by atoms with van der Waals surface area (Å²) in [5.41, 5.74) is 9.69. The van der Waals surface area contributed by atoms with E-state index >= 15 is 0 Å². The monoisotopic (exact) mass is 537 g/mol. The molecule has 0 unspecified atom stereocenters. The van der Waals surface area contributed by atoms with Crippen LogP contribution in [0.4, 0.5) is 19.0 Å². The molecule has 0 saturated carbocycles. The Morgan fingerprint density at radius 1 is 1.08 bits per heavy atom. The van der Waals surface area contributed by atoms with Gasteiger partial charge in [-0.1, -0.05) is 35.9 Å². The van der Waals surface area contributed by atoms with Gasteiger partial charge in [0.2, 0.25) is 0 Å². The summed E-state index contributed by atoms with van der Waals surface area (Å²) in [4.78, 5) is 11.5. The van der Waals surface area contributed by atoms with Crippen LogP contribution in [0, 0.1) is 5.41 Å². The van der Waals surface area contributed by atoms with Crippen LogP contribution in [0.3, 0.4) is 0 Å². The van der Waals surface area contributed by atoms with Crippen LogP contribution in [0.5, 0.6) is 0 Å². The summed E-state index contributed by atoms with van der Waals surface area (Å²) in [6.45, 7) is 1.59. The van der Waals surface area contributed by atoms with E-state index in [1.54, 1.807) is 24.7 Å². The minimum absolute atomic E-state index is 0.0211. The first-order valence-electron chi connectivity index (χ1n) is 12.4. The van der Waals surface area contributed by atoms with Crippen molar-refractivity contribution in [1.29, 1.82) is 0 Å². The first-order chi connectivity index (χ1) is 18.3. The molecule has 0 amide bonds. The fourth-order valence-corrected chi connectivity index (χ4v) is 6.62. The number of nitrogens with one attached hydrogen (secondary N) is 1. The van der Waals surface area contributed by atoms with E-state index in [0.717, 1.165) is 43.7 Å². The largest absolute Gasteiger partial charge is 0.435 e. The summed E-state index contributed by atoms with van der Waals surface area (Å²) < 4.78 is 42.5. The van der Waals surface area contributed by atoms with Gasteiger partial charge in [0, 0.05) is 37.1 Å². The normalized spacial score (nSPS) is 19.1. The van der Waals surface area contributed by atoms with Crippen molar-refractivity contribution >= 4 is 33.8 Å². The molecular formula is C27H23ClF3N7. The summed E-state index contributed by atoms with van der Waals surface area (Å²) in [5.74, 6) is 1.22. The molecule has 194 valence electrons. The molecule has 4 heterocycles. The first kappa shape index (κ1) is 23.5. The number of rotatable bonds is 2. The number of H-pyrrole nitrogens is 1. The van der Waals surface area contributed by atoms with Gasteiger partial charge in [-0.3, -0.25) is 9.50 Å². The van der Waals surface area contributed by atoms with Crippen molar-refractivity contribution in [1.82, 2.24) is 24.6 Å². The summed E-state index contributed by atoms with van der Waals surface area (Å²) in [7, 11) is 0. The number of nitrogens with zero attached hydrogens (tertiary/aromatic N) is 5. The van der Waals surface area contributed by atoms with E-state index in [-0.39, 0.29) is 27.4 Å². The molecule has 7 nitrogen and oxygen atoms in total. The third-order valence-electron chi connectivity index (χ3n) is 8.27. The predicted octanol–water partition coefficient (Wildman–Crippen LogP) is 5.79. The summed E-state index contributed by atoms with van der Waals surface area (Å²) in [6, 6.07) is 11.7. The summed E-state index contributed by atoms with van der Waals surface area (Å²) in [6.07, 6.45) is 3.35. The molecule has 0 radical (unpaired) electrons. The molecule has 5 aromatic rings. The van der Waals surface area contributed by atoms with Crippen LogP contribution in [-0.4, -0.2) is 37.7 Å². The Balaban J connectivity index is 1.22. The van der Waals surface area contributed by atoms with Crippen molar-refractivity contribution in [2.45, 2.75) is 31.5 Å². The predicted molar refractivity (Wildman–Crippen MR) is 139 cm³/mol. The molecule has 2 aliphatic rings. The van der Waals surface area contributed by atoms with Crippen LogP contribution >= 0.6 is 11.6 Å². The molecule has 1 atom stereocenters. The lowest BCUT2D eigenvalue weighted by atomic mass is 9.73. The van der Waals surface area contributed by atoms with Crippen LogP contribution < -0.4 is 10.6 Å². The van der Waals surface area contributed by atoms with Gasteiger partial charge in [0.1, 0.15) is 11.3 Å². The summed E-state index contributed by atoms with van der Waals surface area (Å²) >= 11 is 6.54. The number of alkyl halides is 3. The van der Waals surface area contributed by atoms with Crippen LogP contribution in [0.15, 0.2) is 55.0 Å². The molecule has 2 aromatic carbocycles. The van der Waals surface area contributed by atoms with Gasteiger partial charge in [-0.05, 0) is 47.9 Å². The summed E-state index contributed by atoms with van der Waals surface area (Å²) in [5, 5.41) is 5.65. The molecule has 1 aliphatic heterocycles. The Morgan fingerprint density at radius 3 is 2.63 bits per heavy atom. The molecule has 38 heavy (non-hydrogen) atoms. The zero-order valence-electron chi connectivity index (χ0n) is 20.1. The molecule has 11 heteroatoms. The topological polar surface area (TPSA) is 88.1 Å². The van der Waals surface area contributed by atoms with Gasteiger partial charge in [-0.15, -0.1) is 0 Å². The van der Waals surface area contributed by atoms with E-state index in [4.69, 9.17) is 17.3 Å². The van der Waals surface area contributed by atoms with E-state index < -0.39 is 11.9 Å². The van der Waals surface area contributed by atoms with Crippen LogP contribution in [-0.2, 0) is 12.6 Å². The second-order valence-corrected chi connectivity index (χ2v) is 10.6. The van der Waals surface area contributed by atoms with Gasteiger partial charge < -0.3 is 10.6 Å². The number of piperidine rings is 1. The molecule has 1 fully saturated rings. The van der Waals surface area contributed by atoms with Gasteiger partial charge in [0.05, 0.1) is 22.1 Å². The number of anilines is 1. The lowest BCUT2D eigenvalue weighted by Crippen LogP contribution is -2.44. The number of benzene rings is 2. The van der Waals surface area contributed by atoms with Crippen LogP contribution in [0.25, 0.3) is 27.8 Å². The van der Waals surface area contributed by atoms with E-state index in [1.807, 2.05) is 4.40 Å². The van der Waals surface area contributed by atoms with E-state index in [0.29, 0.717) is 11.4 Å². The van der Waals surface area contributed by atoms with Gasteiger partial charge in [0.25, 0.3) is 0 Å². The number of aromatic nitrogens is 5. The molecule has 0 bridgehead atoms. The Morgan fingerprint density at radius 2 is 1.87 bits per heavy atom. The van der Waals surface area contributed by atoms with E-state index in [1.165, 1.54) is 17.2 Å². The molecule has 1 aliphatic carbocycles. The average molecular weight is 538 g/mol. The van der Waals surface area contributed by atoms with Crippen LogP contribution in [0.2, 0.25) is 5.02 Å². The molecular weight excluding hydrogens is 515 g/mol. The van der Waals surface area contributed by atoms with Crippen molar-refractivity contribution in [3.05, 3.63) is 76.8 Å². The highest BCUT2D eigenvalue weighted by atomic mass is 35.5. The Labute approximate surface area is 220 Å². The maximum absolute atomic E-state index is 13.5. The number of fused-ring (bicyclic) bond motifs is 3. The molecule has 3 aromatic heterocycles. The fourth-order valence-electron chi connectivity index (χ4n) is 6.28. The smallest absolute Gasteiger partial charge is 0.355 e. The van der Waals surface area contributed by atoms with Gasteiger partial charge in [-0.25, -0.2) is 9.97 Å². The third-order valence-corrected chi connectivity index (χ3v) is 8.66. The van der Waals surface area contributed by atoms with Crippen molar-refractivity contribution < 1.29 is 13.2 Å². The highest BCUT2D eigenvalue weighted by Crippen LogP contribution is 2.51. The van der Waals surface area contributed by atoms with E-state index in [9.17, 15) is 13.2 Å². The van der Waals surface area contributed by atoms with Crippen molar-refractivity contribution in [2.75, 3.05) is 18.0 Å². The zero-order chi connectivity index (χ0) is 26.2. The highest BCUT2D eigenvalue weighted by molar-refractivity contribution is 6.38. The number of hydrogen-bond acceptors (Lipinski definition) is 5. The number of hydrogen-bond donors (Lipinski definition) is 2.